The van der Waals surface area contributed by atoms with Gasteiger partial charge in [-0.15, -0.1) is 0 Å². The average Bonchev–Trinajstić information content (AvgIpc) is 2.58. The molecule has 0 radical (unpaired) electrons. The van der Waals surface area contributed by atoms with E-state index in [4.69, 9.17) is 4.74 Å². The summed E-state index contributed by atoms with van der Waals surface area (Å²) in [6.07, 6.45) is 1.39. The van der Waals surface area contributed by atoms with Crippen LogP contribution in [-0.2, 0) is 4.74 Å². The zero-order valence-electron chi connectivity index (χ0n) is 6.79. The molecule has 64 valence electrons. The fraction of sp³-hybridized carbons (Fsp3) is 1.00. The van der Waals surface area contributed by atoms with Gasteiger partial charge in [0, 0.05) is 24.9 Å². The van der Waals surface area contributed by atoms with Gasteiger partial charge in [0.1, 0.15) is 0 Å². The first-order valence-electron chi connectivity index (χ1n) is 4.36. The molecule has 2 aliphatic heterocycles. The largest absolute Gasteiger partial charge is 0.379 e. The van der Waals surface area contributed by atoms with Gasteiger partial charge in [0.05, 0.1) is 13.2 Å². The zero-order chi connectivity index (χ0) is 7.52. The summed E-state index contributed by atoms with van der Waals surface area (Å²) in [5, 5.41) is 0. The van der Waals surface area contributed by atoms with Crippen LogP contribution in [0.4, 0.5) is 0 Å². The van der Waals surface area contributed by atoms with Crippen molar-refractivity contribution in [3.63, 3.8) is 0 Å². The standard InChI is InChI=1S/C8H15NOS/c1-6-11-7-8(1)9-2-4-10-5-3-9/h8H,1-7H2. The van der Waals surface area contributed by atoms with Crippen LogP contribution in [0.2, 0.25) is 0 Å². The third-order valence-corrected chi connectivity index (χ3v) is 3.61. The normalized spacial score (nSPS) is 34.4. The lowest BCUT2D eigenvalue weighted by Crippen LogP contribution is -2.43. The number of hydrogen-bond donors (Lipinski definition) is 0. The van der Waals surface area contributed by atoms with Gasteiger partial charge in [-0.2, -0.15) is 11.8 Å². The minimum atomic E-state index is 0.865. The van der Waals surface area contributed by atoms with E-state index in [1.54, 1.807) is 0 Å². The lowest BCUT2D eigenvalue weighted by Gasteiger charge is -2.31. The molecule has 0 saturated carbocycles. The van der Waals surface area contributed by atoms with Gasteiger partial charge in [-0.05, 0) is 12.2 Å². The topological polar surface area (TPSA) is 12.5 Å². The quantitative estimate of drug-likeness (QED) is 0.582. The molecule has 2 aliphatic rings. The van der Waals surface area contributed by atoms with Crippen LogP contribution < -0.4 is 0 Å². The molecule has 2 saturated heterocycles. The Balaban J connectivity index is 1.82. The first-order chi connectivity index (χ1) is 5.47. The van der Waals surface area contributed by atoms with Crippen molar-refractivity contribution < 1.29 is 4.74 Å². The number of hydrogen-bond acceptors (Lipinski definition) is 3. The molecule has 0 N–H and O–H groups in total. The fourth-order valence-corrected chi connectivity index (χ4v) is 3.01. The predicted molar refractivity (Wildman–Crippen MR) is 48.1 cm³/mol. The van der Waals surface area contributed by atoms with Crippen molar-refractivity contribution in [2.45, 2.75) is 12.5 Å². The number of rotatable bonds is 1. The predicted octanol–water partition coefficient (Wildman–Crippen LogP) is 0.824. The Morgan fingerprint density at radius 1 is 1.27 bits per heavy atom. The third-order valence-electron chi connectivity index (χ3n) is 2.47. The highest BCUT2D eigenvalue weighted by Crippen LogP contribution is 2.22. The molecule has 2 rings (SSSR count). The molecule has 0 bridgehead atoms. The Kier molecular flexibility index (Phi) is 2.72. The summed E-state index contributed by atoms with van der Waals surface area (Å²) in [4.78, 5) is 2.59. The second-order valence-corrected chi connectivity index (χ2v) is 4.32. The van der Waals surface area contributed by atoms with E-state index in [1.165, 1.54) is 17.9 Å². The highest BCUT2D eigenvalue weighted by atomic mass is 32.2. The van der Waals surface area contributed by atoms with Gasteiger partial charge in [0.25, 0.3) is 0 Å². The van der Waals surface area contributed by atoms with E-state index >= 15 is 0 Å². The Bertz CT molecular complexity index is 119. The molecule has 2 heterocycles. The summed E-state index contributed by atoms with van der Waals surface area (Å²) >= 11 is 2.09. The van der Waals surface area contributed by atoms with Gasteiger partial charge in [-0.3, -0.25) is 4.90 Å². The molecular formula is C8H15NOS. The molecule has 1 unspecified atom stereocenters. The van der Waals surface area contributed by atoms with E-state index in [2.05, 4.69) is 16.7 Å². The first-order valence-corrected chi connectivity index (χ1v) is 5.52. The maximum atomic E-state index is 5.31. The summed E-state index contributed by atoms with van der Waals surface area (Å²) in [5.74, 6) is 2.71. The number of morpholine rings is 1. The van der Waals surface area contributed by atoms with Crippen molar-refractivity contribution in [2.75, 3.05) is 37.8 Å². The Morgan fingerprint density at radius 3 is 2.73 bits per heavy atom. The summed E-state index contributed by atoms with van der Waals surface area (Å²) in [5.41, 5.74) is 0. The van der Waals surface area contributed by atoms with Gasteiger partial charge in [0.15, 0.2) is 0 Å². The maximum Gasteiger partial charge on any atom is 0.0594 e. The molecule has 2 fully saturated rings. The molecule has 0 amide bonds. The van der Waals surface area contributed by atoms with Gasteiger partial charge < -0.3 is 4.74 Å². The van der Waals surface area contributed by atoms with Crippen LogP contribution in [0.25, 0.3) is 0 Å². The third kappa shape index (κ3) is 1.89. The minimum Gasteiger partial charge on any atom is -0.379 e. The van der Waals surface area contributed by atoms with Crippen LogP contribution in [0.3, 0.4) is 0 Å². The van der Waals surface area contributed by atoms with Crippen molar-refractivity contribution in [1.82, 2.24) is 4.90 Å². The van der Waals surface area contributed by atoms with Crippen molar-refractivity contribution in [2.24, 2.45) is 0 Å². The minimum absolute atomic E-state index is 0.865. The molecule has 0 spiro atoms. The van der Waals surface area contributed by atoms with Crippen molar-refractivity contribution in [3.8, 4) is 0 Å². The van der Waals surface area contributed by atoms with Crippen molar-refractivity contribution in [3.05, 3.63) is 0 Å². The smallest absolute Gasteiger partial charge is 0.0594 e. The molecule has 2 nitrogen and oxygen atoms in total. The van der Waals surface area contributed by atoms with Crippen LogP contribution in [0.5, 0.6) is 0 Å². The summed E-state index contributed by atoms with van der Waals surface area (Å²) < 4.78 is 5.31. The highest BCUT2D eigenvalue weighted by molar-refractivity contribution is 7.99. The highest BCUT2D eigenvalue weighted by Gasteiger charge is 2.23. The van der Waals surface area contributed by atoms with Gasteiger partial charge in [0.2, 0.25) is 0 Å². The van der Waals surface area contributed by atoms with Crippen LogP contribution in [-0.4, -0.2) is 48.8 Å². The first kappa shape index (κ1) is 7.90. The maximum absolute atomic E-state index is 5.31. The molecule has 1 atom stereocenters. The lowest BCUT2D eigenvalue weighted by atomic mass is 10.2. The molecule has 0 aromatic heterocycles. The summed E-state index contributed by atoms with van der Waals surface area (Å²) in [6, 6.07) is 0.865. The molecular weight excluding hydrogens is 158 g/mol. The van der Waals surface area contributed by atoms with E-state index < -0.39 is 0 Å². The molecule has 0 aromatic carbocycles. The fourth-order valence-electron chi connectivity index (χ4n) is 1.75. The number of thioether (sulfide) groups is 1. The Hall–Kier alpha value is 0.270. The zero-order valence-corrected chi connectivity index (χ0v) is 7.61. The van der Waals surface area contributed by atoms with E-state index in [-0.39, 0.29) is 0 Å². The Labute approximate surface area is 72.3 Å². The Morgan fingerprint density at radius 2 is 2.09 bits per heavy atom. The summed E-state index contributed by atoms with van der Waals surface area (Å²) in [7, 11) is 0. The number of ether oxygens (including phenoxy) is 1. The lowest BCUT2D eigenvalue weighted by molar-refractivity contribution is 0.0218. The van der Waals surface area contributed by atoms with E-state index in [0.29, 0.717) is 0 Å². The van der Waals surface area contributed by atoms with Crippen LogP contribution >= 0.6 is 11.8 Å². The van der Waals surface area contributed by atoms with Crippen molar-refractivity contribution in [1.29, 1.82) is 0 Å². The second kappa shape index (κ2) is 3.78. The average molecular weight is 173 g/mol. The van der Waals surface area contributed by atoms with Crippen molar-refractivity contribution >= 4 is 11.8 Å². The second-order valence-electron chi connectivity index (χ2n) is 3.17. The molecule has 0 aromatic rings. The monoisotopic (exact) mass is 173 g/mol. The molecule has 0 aliphatic carbocycles. The molecule has 3 heteroatoms. The van der Waals surface area contributed by atoms with Crippen LogP contribution in [0.15, 0.2) is 0 Å². The van der Waals surface area contributed by atoms with Gasteiger partial charge >= 0.3 is 0 Å². The van der Waals surface area contributed by atoms with Crippen LogP contribution in [0.1, 0.15) is 6.42 Å². The van der Waals surface area contributed by atoms with E-state index in [1.807, 2.05) is 0 Å². The van der Waals surface area contributed by atoms with E-state index in [9.17, 15) is 0 Å². The summed E-state index contributed by atoms with van der Waals surface area (Å²) in [6.45, 7) is 4.21. The number of nitrogens with zero attached hydrogens (tertiary/aromatic N) is 1. The van der Waals surface area contributed by atoms with Crippen LogP contribution in [0, 0.1) is 0 Å². The molecule has 11 heavy (non-hydrogen) atoms. The SMILES string of the molecule is C1CN(C2CCSC2)CCO1. The van der Waals surface area contributed by atoms with E-state index in [0.717, 1.165) is 32.3 Å². The van der Waals surface area contributed by atoms with Gasteiger partial charge in [-0.25, -0.2) is 0 Å². The van der Waals surface area contributed by atoms with Gasteiger partial charge in [-0.1, -0.05) is 0 Å².